The van der Waals surface area contributed by atoms with Gasteiger partial charge in [0.1, 0.15) is 11.5 Å². The molecule has 1 aliphatic rings. The highest BCUT2D eigenvalue weighted by Gasteiger charge is 2.31. The Morgan fingerprint density at radius 2 is 2.12 bits per heavy atom. The first kappa shape index (κ1) is 17.9. The van der Waals surface area contributed by atoms with Crippen molar-refractivity contribution in [3.8, 4) is 11.5 Å². The Kier molecular flexibility index (Phi) is 6.28. The molecule has 1 unspecified atom stereocenters. The van der Waals surface area contributed by atoms with Gasteiger partial charge in [0.15, 0.2) is 0 Å². The van der Waals surface area contributed by atoms with Gasteiger partial charge < -0.3 is 24.8 Å². The number of nitrogens with one attached hydrogen (secondary N) is 1. The quantitative estimate of drug-likeness (QED) is 0.747. The van der Waals surface area contributed by atoms with Crippen LogP contribution in [-0.2, 0) is 4.79 Å². The number of ether oxygens (including phenoxy) is 2. The molecule has 24 heavy (non-hydrogen) atoms. The second-order valence-electron chi connectivity index (χ2n) is 5.69. The number of hydrogen-bond donors (Lipinski definition) is 2. The molecule has 7 nitrogen and oxygen atoms in total. The van der Waals surface area contributed by atoms with Gasteiger partial charge in [-0.3, -0.25) is 4.79 Å². The molecular formula is C17H24N2O5. The van der Waals surface area contributed by atoms with E-state index in [2.05, 4.69) is 5.32 Å². The Bertz CT molecular complexity index is 590. The van der Waals surface area contributed by atoms with Crippen LogP contribution in [0.4, 0.5) is 4.79 Å². The Labute approximate surface area is 141 Å². The number of methoxy groups -OCH3 is 2. The third-order valence-electron chi connectivity index (χ3n) is 4.16. The van der Waals surface area contributed by atoms with Crippen LogP contribution in [0.1, 0.15) is 37.3 Å². The van der Waals surface area contributed by atoms with E-state index in [1.807, 2.05) is 18.2 Å². The second-order valence-corrected chi connectivity index (χ2v) is 5.69. The van der Waals surface area contributed by atoms with Gasteiger partial charge in [-0.2, -0.15) is 0 Å². The minimum Gasteiger partial charge on any atom is -0.497 e. The van der Waals surface area contributed by atoms with Gasteiger partial charge in [0, 0.05) is 31.1 Å². The average molecular weight is 336 g/mol. The normalized spacial score (nSPS) is 16.8. The first-order valence-electron chi connectivity index (χ1n) is 8.05. The number of urea groups is 1. The topological polar surface area (TPSA) is 88.1 Å². The maximum absolute atomic E-state index is 12.4. The van der Waals surface area contributed by atoms with Gasteiger partial charge in [-0.05, 0) is 31.4 Å². The summed E-state index contributed by atoms with van der Waals surface area (Å²) in [5.74, 6) is 0.550. The smallest absolute Gasteiger partial charge is 0.317 e. The SMILES string of the molecule is COc1ccc(C2CCCN2C(=O)NCCCC(=O)O)c(OC)c1. The Hall–Kier alpha value is -2.44. The third-order valence-corrected chi connectivity index (χ3v) is 4.16. The molecule has 1 fully saturated rings. The first-order valence-corrected chi connectivity index (χ1v) is 8.05. The van der Waals surface area contributed by atoms with Gasteiger partial charge in [-0.1, -0.05) is 0 Å². The summed E-state index contributed by atoms with van der Waals surface area (Å²) >= 11 is 0. The van der Waals surface area contributed by atoms with Crippen molar-refractivity contribution in [2.75, 3.05) is 27.3 Å². The molecule has 0 spiro atoms. The number of carbonyl (C=O) groups is 2. The lowest BCUT2D eigenvalue weighted by Gasteiger charge is -2.26. The van der Waals surface area contributed by atoms with Gasteiger partial charge in [0.05, 0.1) is 20.3 Å². The summed E-state index contributed by atoms with van der Waals surface area (Å²) in [7, 11) is 3.20. The number of hydrogen-bond acceptors (Lipinski definition) is 4. The highest BCUT2D eigenvalue weighted by Crippen LogP contribution is 2.38. The van der Waals surface area contributed by atoms with Gasteiger partial charge >= 0.3 is 12.0 Å². The summed E-state index contributed by atoms with van der Waals surface area (Å²) < 4.78 is 10.7. The highest BCUT2D eigenvalue weighted by atomic mass is 16.5. The van der Waals surface area contributed by atoms with Crippen molar-refractivity contribution in [3.05, 3.63) is 23.8 Å². The van der Waals surface area contributed by atoms with Gasteiger partial charge in [-0.15, -0.1) is 0 Å². The first-order chi connectivity index (χ1) is 11.6. The summed E-state index contributed by atoms with van der Waals surface area (Å²) in [6.45, 7) is 1.03. The summed E-state index contributed by atoms with van der Waals surface area (Å²) in [6, 6.07) is 5.39. The number of likely N-dealkylation sites (tertiary alicyclic amines) is 1. The predicted molar refractivity (Wildman–Crippen MR) is 88.5 cm³/mol. The third kappa shape index (κ3) is 4.31. The van der Waals surface area contributed by atoms with E-state index in [4.69, 9.17) is 14.6 Å². The zero-order valence-corrected chi connectivity index (χ0v) is 14.1. The molecule has 0 bridgehead atoms. The van der Waals surface area contributed by atoms with Crippen LogP contribution in [0.25, 0.3) is 0 Å². The molecule has 1 aromatic rings. The summed E-state index contributed by atoms with van der Waals surface area (Å²) in [4.78, 5) is 24.7. The van der Waals surface area contributed by atoms with Crippen molar-refractivity contribution in [1.29, 1.82) is 0 Å². The minimum absolute atomic E-state index is 0.0506. The lowest BCUT2D eigenvalue weighted by Crippen LogP contribution is -2.40. The molecular weight excluding hydrogens is 312 g/mol. The summed E-state index contributed by atoms with van der Waals surface area (Å²) in [6.07, 6.45) is 2.26. The van der Waals surface area contributed by atoms with E-state index < -0.39 is 5.97 Å². The fourth-order valence-corrected chi connectivity index (χ4v) is 2.96. The number of benzene rings is 1. The fourth-order valence-electron chi connectivity index (χ4n) is 2.96. The van der Waals surface area contributed by atoms with E-state index in [-0.39, 0.29) is 18.5 Å². The summed E-state index contributed by atoms with van der Waals surface area (Å²) in [5.41, 5.74) is 0.955. The predicted octanol–water partition coefficient (Wildman–Crippen LogP) is 2.42. The van der Waals surface area contributed by atoms with Crippen LogP contribution in [0.15, 0.2) is 18.2 Å². The molecule has 2 rings (SSSR count). The standard InChI is InChI=1S/C17H24N2O5/c1-23-12-7-8-13(15(11-12)24-2)14-5-4-10-19(14)17(22)18-9-3-6-16(20)21/h7-8,11,14H,3-6,9-10H2,1-2H3,(H,18,22)(H,20,21). The zero-order valence-electron chi connectivity index (χ0n) is 14.1. The second kappa shape index (κ2) is 8.42. The van der Waals surface area contributed by atoms with Crippen LogP contribution in [0.3, 0.4) is 0 Å². The molecule has 0 radical (unpaired) electrons. The van der Waals surface area contributed by atoms with Gasteiger partial charge in [0.25, 0.3) is 0 Å². The van der Waals surface area contributed by atoms with E-state index in [0.29, 0.717) is 31.0 Å². The monoisotopic (exact) mass is 336 g/mol. The maximum atomic E-state index is 12.4. The van der Waals surface area contributed by atoms with E-state index in [1.54, 1.807) is 19.1 Å². The largest absolute Gasteiger partial charge is 0.497 e. The minimum atomic E-state index is -0.855. The fraction of sp³-hybridized carbons (Fsp3) is 0.529. The van der Waals surface area contributed by atoms with Gasteiger partial charge in [0.2, 0.25) is 0 Å². The van der Waals surface area contributed by atoms with Crippen LogP contribution < -0.4 is 14.8 Å². The van der Waals surface area contributed by atoms with Crippen LogP contribution >= 0.6 is 0 Å². The number of nitrogens with zero attached hydrogens (tertiary/aromatic N) is 1. The van der Waals surface area contributed by atoms with Crippen molar-refractivity contribution in [1.82, 2.24) is 10.2 Å². The average Bonchev–Trinajstić information content (AvgIpc) is 3.07. The van der Waals surface area contributed by atoms with Crippen LogP contribution in [0.5, 0.6) is 11.5 Å². The van der Waals surface area contributed by atoms with Crippen molar-refractivity contribution in [2.24, 2.45) is 0 Å². The molecule has 1 aromatic carbocycles. The molecule has 2 N–H and O–H groups in total. The van der Waals surface area contributed by atoms with Gasteiger partial charge in [-0.25, -0.2) is 4.79 Å². The number of rotatable bonds is 7. The number of amides is 2. The number of carbonyl (C=O) groups excluding carboxylic acids is 1. The lowest BCUT2D eigenvalue weighted by molar-refractivity contribution is -0.137. The summed E-state index contributed by atoms with van der Waals surface area (Å²) in [5, 5.41) is 11.4. The van der Waals surface area contributed by atoms with Crippen LogP contribution in [0, 0.1) is 0 Å². The van der Waals surface area contributed by atoms with Crippen molar-refractivity contribution < 1.29 is 24.2 Å². The van der Waals surface area contributed by atoms with Crippen molar-refractivity contribution in [3.63, 3.8) is 0 Å². The molecule has 1 heterocycles. The van der Waals surface area contributed by atoms with Crippen LogP contribution in [-0.4, -0.2) is 49.3 Å². The van der Waals surface area contributed by atoms with Crippen molar-refractivity contribution >= 4 is 12.0 Å². The molecule has 2 amide bonds. The number of aliphatic carboxylic acids is 1. The van der Waals surface area contributed by atoms with Crippen molar-refractivity contribution in [2.45, 2.75) is 31.7 Å². The van der Waals surface area contributed by atoms with Crippen LogP contribution in [0.2, 0.25) is 0 Å². The maximum Gasteiger partial charge on any atom is 0.317 e. The number of carboxylic acid groups (broad SMARTS) is 1. The molecule has 1 aliphatic heterocycles. The Balaban J connectivity index is 2.04. The molecule has 7 heteroatoms. The molecule has 0 saturated carbocycles. The van der Waals surface area contributed by atoms with E-state index in [0.717, 1.165) is 18.4 Å². The molecule has 132 valence electrons. The number of carboxylic acids is 1. The Morgan fingerprint density at radius 1 is 1.33 bits per heavy atom. The zero-order chi connectivity index (χ0) is 17.5. The van der Waals surface area contributed by atoms with E-state index in [9.17, 15) is 9.59 Å². The van der Waals surface area contributed by atoms with E-state index >= 15 is 0 Å². The molecule has 1 atom stereocenters. The lowest BCUT2D eigenvalue weighted by atomic mass is 10.0. The highest BCUT2D eigenvalue weighted by molar-refractivity contribution is 5.75. The molecule has 1 saturated heterocycles. The van der Waals surface area contributed by atoms with E-state index in [1.165, 1.54) is 0 Å². The molecule has 0 aliphatic carbocycles. The molecule has 0 aromatic heterocycles. The Morgan fingerprint density at radius 3 is 2.79 bits per heavy atom.